The van der Waals surface area contributed by atoms with Crippen LogP contribution in [0, 0.1) is 0 Å². The smallest absolute Gasteiger partial charge is 0.178 e. The summed E-state index contributed by atoms with van der Waals surface area (Å²) in [4.78, 5) is 19.8. The normalized spacial score (nSPS) is 18.2. The molecule has 1 aliphatic heterocycles. The molecule has 150 valence electrons. The number of hydrogen-bond acceptors (Lipinski definition) is 3. The van der Waals surface area contributed by atoms with Gasteiger partial charge in [-0.15, -0.1) is 0 Å². The molecule has 0 N–H and O–H groups in total. The maximum absolute atomic E-state index is 12.4. The zero-order valence-corrected chi connectivity index (χ0v) is 19.7. The van der Waals surface area contributed by atoms with Gasteiger partial charge in [0.05, 0.1) is 11.4 Å². The number of allylic oxidation sites excluding steroid dienone is 4. The maximum Gasteiger partial charge on any atom is 0.178 e. The SMILES string of the molecule is CCN(CC)c1ccc2c(c1)[Si](C(C)(C)C)(C(C)(C)C)C1=CC(=O)C=CC1=N2. The quantitative estimate of drug-likeness (QED) is 0.502. The lowest BCUT2D eigenvalue weighted by Crippen LogP contribution is -2.65. The molecule has 0 saturated heterocycles. The van der Waals surface area contributed by atoms with Gasteiger partial charge in [0, 0.05) is 18.8 Å². The number of hydrogen-bond donors (Lipinski definition) is 0. The van der Waals surface area contributed by atoms with Crippen molar-refractivity contribution in [1.82, 2.24) is 0 Å². The number of anilines is 1. The first kappa shape index (κ1) is 20.8. The lowest BCUT2D eigenvalue weighted by Gasteiger charge is -2.55. The van der Waals surface area contributed by atoms with Crippen molar-refractivity contribution in [2.24, 2.45) is 4.99 Å². The van der Waals surface area contributed by atoms with Crippen LogP contribution < -0.4 is 10.1 Å². The molecule has 0 radical (unpaired) electrons. The number of nitrogens with zero attached hydrogens (tertiary/aromatic N) is 2. The van der Waals surface area contributed by atoms with Gasteiger partial charge in [-0.1, -0.05) is 41.5 Å². The van der Waals surface area contributed by atoms with Crippen LogP contribution in [0.2, 0.25) is 10.1 Å². The number of carbonyl (C=O) groups excluding carboxylic acids is 1. The summed E-state index contributed by atoms with van der Waals surface area (Å²) in [7, 11) is -2.38. The highest BCUT2D eigenvalue weighted by Gasteiger charge is 2.60. The van der Waals surface area contributed by atoms with Gasteiger partial charge >= 0.3 is 0 Å². The highest BCUT2D eigenvalue weighted by atomic mass is 28.3. The third-order valence-corrected chi connectivity index (χ3v) is 13.3. The second-order valence-electron chi connectivity index (χ2n) is 9.91. The summed E-state index contributed by atoms with van der Waals surface area (Å²) < 4.78 is 0. The molecule has 0 fully saturated rings. The van der Waals surface area contributed by atoms with E-state index in [0.29, 0.717) is 0 Å². The fraction of sp³-hybridized carbons (Fsp3) is 0.500. The van der Waals surface area contributed by atoms with Gasteiger partial charge in [0.15, 0.2) is 5.78 Å². The van der Waals surface area contributed by atoms with Crippen molar-refractivity contribution < 1.29 is 4.79 Å². The Morgan fingerprint density at radius 3 is 2.11 bits per heavy atom. The topological polar surface area (TPSA) is 32.7 Å². The van der Waals surface area contributed by atoms with E-state index in [-0.39, 0.29) is 15.9 Å². The Balaban J connectivity index is 2.44. The highest BCUT2D eigenvalue weighted by molar-refractivity contribution is 7.06. The summed E-state index contributed by atoms with van der Waals surface area (Å²) >= 11 is 0. The monoisotopic (exact) mass is 394 g/mol. The highest BCUT2D eigenvalue weighted by Crippen LogP contribution is 2.57. The second kappa shape index (κ2) is 6.84. The van der Waals surface area contributed by atoms with E-state index in [9.17, 15) is 4.79 Å². The van der Waals surface area contributed by atoms with E-state index in [2.05, 4.69) is 78.5 Å². The van der Waals surface area contributed by atoms with Crippen molar-refractivity contribution in [1.29, 1.82) is 0 Å². The van der Waals surface area contributed by atoms with E-state index in [1.165, 1.54) is 16.1 Å². The maximum atomic E-state index is 12.4. The number of benzene rings is 1. The van der Waals surface area contributed by atoms with Gasteiger partial charge < -0.3 is 4.90 Å². The molecule has 4 heteroatoms. The molecule has 3 rings (SSSR count). The van der Waals surface area contributed by atoms with E-state index >= 15 is 0 Å². The number of fused-ring (bicyclic) bond motifs is 2. The van der Waals surface area contributed by atoms with Crippen molar-refractivity contribution in [3.05, 3.63) is 41.6 Å². The minimum Gasteiger partial charge on any atom is -0.372 e. The zero-order valence-electron chi connectivity index (χ0n) is 18.7. The Labute approximate surface area is 171 Å². The van der Waals surface area contributed by atoms with Crippen LogP contribution in [0.1, 0.15) is 55.4 Å². The van der Waals surface area contributed by atoms with E-state index in [1.54, 1.807) is 6.08 Å². The Morgan fingerprint density at radius 1 is 0.964 bits per heavy atom. The molecule has 0 amide bonds. The molecular weight excluding hydrogens is 360 g/mol. The van der Waals surface area contributed by atoms with Crippen LogP contribution in [0.3, 0.4) is 0 Å². The van der Waals surface area contributed by atoms with Crippen molar-refractivity contribution in [3.8, 4) is 0 Å². The second-order valence-corrected chi connectivity index (χ2v) is 15.5. The van der Waals surface area contributed by atoms with Crippen LogP contribution in [-0.2, 0) is 4.79 Å². The van der Waals surface area contributed by atoms with Gasteiger partial charge in [-0.25, -0.2) is 4.99 Å². The van der Waals surface area contributed by atoms with Crippen LogP contribution in [0.25, 0.3) is 0 Å². The first-order valence-corrected chi connectivity index (χ1v) is 12.4. The van der Waals surface area contributed by atoms with Gasteiger partial charge in [0.2, 0.25) is 0 Å². The van der Waals surface area contributed by atoms with Crippen molar-refractivity contribution in [3.63, 3.8) is 0 Å². The summed E-state index contributed by atoms with van der Waals surface area (Å²) in [5.41, 5.74) is 3.32. The lowest BCUT2D eigenvalue weighted by atomic mass is 10.1. The lowest BCUT2D eigenvalue weighted by molar-refractivity contribution is -0.110. The van der Waals surface area contributed by atoms with Crippen LogP contribution in [0.4, 0.5) is 11.4 Å². The van der Waals surface area contributed by atoms with Crippen molar-refractivity contribution in [2.75, 3.05) is 18.0 Å². The third kappa shape index (κ3) is 2.93. The summed E-state index contributed by atoms with van der Waals surface area (Å²) in [6.07, 6.45) is 5.47. The molecule has 1 aliphatic carbocycles. The largest absolute Gasteiger partial charge is 0.372 e. The number of carbonyl (C=O) groups is 1. The molecule has 28 heavy (non-hydrogen) atoms. The number of aliphatic imine (C=N–C) groups is 1. The van der Waals surface area contributed by atoms with Gasteiger partial charge in [-0.2, -0.15) is 0 Å². The van der Waals surface area contributed by atoms with Crippen molar-refractivity contribution >= 4 is 36.1 Å². The first-order valence-electron chi connectivity index (χ1n) is 10.4. The van der Waals surface area contributed by atoms with Crippen molar-refractivity contribution in [2.45, 2.75) is 65.5 Å². The Kier molecular flexibility index (Phi) is 5.07. The van der Waals surface area contributed by atoms with E-state index in [0.717, 1.165) is 24.5 Å². The van der Waals surface area contributed by atoms with Crippen LogP contribution in [0.5, 0.6) is 0 Å². The van der Waals surface area contributed by atoms with Crippen LogP contribution in [-0.4, -0.2) is 32.7 Å². The van der Waals surface area contributed by atoms with Crippen LogP contribution >= 0.6 is 0 Å². The molecule has 0 saturated carbocycles. The van der Waals surface area contributed by atoms with E-state index in [1.807, 2.05) is 12.2 Å². The summed E-state index contributed by atoms with van der Waals surface area (Å²) in [6.45, 7) is 20.5. The molecule has 0 atom stereocenters. The average molecular weight is 395 g/mol. The Bertz CT molecular complexity index is 876. The minimum atomic E-state index is -2.38. The van der Waals surface area contributed by atoms with Crippen LogP contribution in [0.15, 0.2) is 46.6 Å². The fourth-order valence-corrected chi connectivity index (χ4v) is 13.2. The predicted octanol–water partition coefficient (Wildman–Crippen LogP) is 5.48. The standard InChI is InChI=1S/C24H34N2OSi/c1-9-26(10-2)17-11-13-19-21(15-17)28(23(3,4)5,24(6,7)8)22-16-18(27)12-14-20(22)25-19/h11-16H,9-10H2,1-8H3. The van der Waals surface area contributed by atoms with E-state index in [4.69, 9.17) is 4.99 Å². The molecule has 0 unspecified atom stereocenters. The molecular formula is C24H34N2OSi. The predicted molar refractivity (Wildman–Crippen MR) is 124 cm³/mol. The summed E-state index contributed by atoms with van der Waals surface area (Å²) in [5, 5.41) is 2.62. The fourth-order valence-electron chi connectivity index (χ4n) is 5.64. The molecule has 2 aliphatic rings. The number of rotatable bonds is 3. The molecule has 1 aromatic carbocycles. The third-order valence-electron chi connectivity index (χ3n) is 6.38. The first-order chi connectivity index (χ1) is 13.0. The molecule has 3 nitrogen and oxygen atoms in total. The van der Waals surface area contributed by atoms with Gasteiger partial charge in [0.25, 0.3) is 0 Å². The molecule has 1 heterocycles. The minimum absolute atomic E-state index is 0.0281. The summed E-state index contributed by atoms with van der Waals surface area (Å²) in [6, 6.07) is 6.78. The number of ketones is 1. The molecule has 0 spiro atoms. The summed E-state index contributed by atoms with van der Waals surface area (Å²) in [5.74, 6) is 0.0858. The van der Waals surface area contributed by atoms with Gasteiger partial charge in [-0.05, 0) is 70.7 Å². The molecule has 0 aromatic heterocycles. The van der Waals surface area contributed by atoms with E-state index < -0.39 is 8.07 Å². The zero-order chi connectivity index (χ0) is 20.9. The van der Waals surface area contributed by atoms with Gasteiger partial charge in [0.1, 0.15) is 8.07 Å². The molecule has 1 aromatic rings. The Morgan fingerprint density at radius 2 is 1.57 bits per heavy atom. The molecule has 0 bridgehead atoms. The average Bonchev–Trinajstić information content (AvgIpc) is 2.58. The van der Waals surface area contributed by atoms with Gasteiger partial charge in [-0.3, -0.25) is 4.79 Å². The Hall–Kier alpha value is -1.94.